The number of nitrogens with one attached hydrogen (secondary N) is 3. The van der Waals surface area contributed by atoms with E-state index in [1.165, 1.54) is 88.9 Å². The summed E-state index contributed by atoms with van der Waals surface area (Å²) in [5.74, 6) is 0.297. The highest BCUT2D eigenvalue weighted by Crippen LogP contribution is 2.17. The number of carbonyl (C=O) groups excluding carboxylic acids is 1. The first-order valence-corrected chi connectivity index (χ1v) is 9.73. The number of hydrogen-bond donors (Lipinski definition) is 3. The summed E-state index contributed by atoms with van der Waals surface area (Å²) in [7, 11) is 0. The number of amides is 1. The highest BCUT2D eigenvalue weighted by atomic mass is 16.2. The normalized spacial score (nSPS) is 32.8. The largest absolute Gasteiger partial charge is 0.348 e. The molecule has 22 heavy (non-hydrogen) atoms. The van der Waals surface area contributed by atoms with Crippen LogP contribution in [-0.2, 0) is 4.79 Å². The van der Waals surface area contributed by atoms with Crippen LogP contribution in [0.3, 0.4) is 0 Å². The maximum absolute atomic E-state index is 12.4. The Morgan fingerprint density at radius 3 is 2.18 bits per heavy atom. The van der Waals surface area contributed by atoms with Crippen LogP contribution in [0, 0.1) is 0 Å². The molecular formula is C18H35N3O+2. The van der Waals surface area contributed by atoms with E-state index in [9.17, 15) is 4.79 Å². The van der Waals surface area contributed by atoms with Gasteiger partial charge in [0.25, 0.3) is 5.91 Å². The molecule has 2 heterocycles. The smallest absolute Gasteiger partial charge is 0.278 e. The van der Waals surface area contributed by atoms with Crippen LogP contribution in [-0.4, -0.2) is 50.2 Å². The van der Waals surface area contributed by atoms with E-state index in [2.05, 4.69) is 12.2 Å². The Balaban J connectivity index is 1.42. The molecule has 1 atom stereocenters. The molecule has 3 rings (SSSR count). The molecule has 2 saturated heterocycles. The molecule has 0 aromatic rings. The van der Waals surface area contributed by atoms with Crippen molar-refractivity contribution >= 4 is 5.91 Å². The molecule has 4 nitrogen and oxygen atoms in total. The van der Waals surface area contributed by atoms with E-state index in [0.717, 1.165) is 6.04 Å². The fourth-order valence-corrected chi connectivity index (χ4v) is 4.83. The summed E-state index contributed by atoms with van der Waals surface area (Å²) >= 11 is 0. The van der Waals surface area contributed by atoms with Crippen LogP contribution < -0.4 is 15.1 Å². The maximum Gasteiger partial charge on any atom is 0.278 e. The van der Waals surface area contributed by atoms with E-state index in [0.29, 0.717) is 11.9 Å². The Morgan fingerprint density at radius 2 is 1.55 bits per heavy atom. The quantitative estimate of drug-likeness (QED) is 0.647. The van der Waals surface area contributed by atoms with Crippen molar-refractivity contribution in [2.24, 2.45) is 0 Å². The van der Waals surface area contributed by atoms with Gasteiger partial charge in [-0.3, -0.25) is 4.79 Å². The highest BCUT2D eigenvalue weighted by molar-refractivity contribution is 5.80. The number of quaternary nitrogens is 2. The predicted octanol–water partition coefficient (Wildman–Crippen LogP) is -0.450. The van der Waals surface area contributed by atoms with Gasteiger partial charge in [0.1, 0.15) is 0 Å². The second-order valence-electron chi connectivity index (χ2n) is 7.86. The van der Waals surface area contributed by atoms with Crippen molar-refractivity contribution < 1.29 is 14.6 Å². The predicted molar refractivity (Wildman–Crippen MR) is 88.1 cm³/mol. The fourth-order valence-electron chi connectivity index (χ4n) is 4.83. The van der Waals surface area contributed by atoms with Gasteiger partial charge in [0, 0.05) is 18.9 Å². The average molecular weight is 309 g/mol. The molecule has 3 fully saturated rings. The summed E-state index contributed by atoms with van der Waals surface area (Å²) in [6.45, 7) is 7.28. The zero-order chi connectivity index (χ0) is 15.4. The number of carbonyl (C=O) groups is 1. The molecule has 0 aromatic carbocycles. The molecule has 3 N–H and O–H groups in total. The molecule has 0 unspecified atom stereocenters. The number of piperidine rings is 2. The number of rotatable bonds is 4. The summed E-state index contributed by atoms with van der Waals surface area (Å²) in [5.41, 5.74) is 0. The van der Waals surface area contributed by atoms with Crippen molar-refractivity contribution in [2.45, 2.75) is 82.8 Å². The minimum atomic E-state index is 0.137. The molecule has 0 aromatic heterocycles. The molecule has 2 aliphatic heterocycles. The van der Waals surface area contributed by atoms with Crippen LogP contribution in [0.5, 0.6) is 0 Å². The van der Waals surface area contributed by atoms with Crippen LogP contribution in [0.4, 0.5) is 0 Å². The lowest BCUT2D eigenvalue weighted by Gasteiger charge is -2.37. The van der Waals surface area contributed by atoms with Gasteiger partial charge >= 0.3 is 0 Å². The van der Waals surface area contributed by atoms with Crippen LogP contribution in [0.1, 0.15) is 64.7 Å². The van der Waals surface area contributed by atoms with Crippen molar-refractivity contribution in [3.63, 3.8) is 0 Å². The first kappa shape index (κ1) is 16.3. The summed E-state index contributed by atoms with van der Waals surface area (Å²) in [5, 5.41) is 3.29. The van der Waals surface area contributed by atoms with Gasteiger partial charge in [-0.25, -0.2) is 0 Å². The average Bonchev–Trinajstić information content (AvgIpc) is 3.08. The van der Waals surface area contributed by atoms with Gasteiger partial charge in [0.15, 0.2) is 6.04 Å². The lowest BCUT2D eigenvalue weighted by Crippen LogP contribution is -3.22. The minimum absolute atomic E-state index is 0.137. The highest BCUT2D eigenvalue weighted by Gasteiger charge is 2.35. The van der Waals surface area contributed by atoms with E-state index in [1.807, 2.05) is 4.90 Å². The minimum Gasteiger partial charge on any atom is -0.348 e. The first-order chi connectivity index (χ1) is 10.7. The first-order valence-electron chi connectivity index (χ1n) is 9.73. The zero-order valence-electron chi connectivity index (χ0n) is 14.3. The maximum atomic E-state index is 12.4. The lowest BCUT2D eigenvalue weighted by molar-refractivity contribution is -0.965. The molecule has 0 bridgehead atoms. The second-order valence-corrected chi connectivity index (χ2v) is 7.86. The molecule has 1 aliphatic carbocycles. The lowest BCUT2D eigenvalue weighted by atomic mass is 9.99. The molecule has 1 saturated carbocycles. The van der Waals surface area contributed by atoms with Crippen molar-refractivity contribution in [3.05, 3.63) is 0 Å². The van der Waals surface area contributed by atoms with Crippen LogP contribution in [0.15, 0.2) is 0 Å². The van der Waals surface area contributed by atoms with Gasteiger partial charge in [-0.15, -0.1) is 0 Å². The molecule has 0 spiro atoms. The van der Waals surface area contributed by atoms with Gasteiger partial charge in [0.05, 0.1) is 32.2 Å². The van der Waals surface area contributed by atoms with Crippen LogP contribution in [0.2, 0.25) is 0 Å². The number of hydrogen-bond acceptors (Lipinski definition) is 1. The molecule has 0 radical (unpaired) electrons. The van der Waals surface area contributed by atoms with E-state index in [-0.39, 0.29) is 6.04 Å². The van der Waals surface area contributed by atoms with Crippen molar-refractivity contribution in [2.75, 3.05) is 26.2 Å². The Hall–Kier alpha value is -0.610. The Bertz CT molecular complexity index is 353. The number of likely N-dealkylation sites (tertiary alicyclic amines) is 2. The summed E-state index contributed by atoms with van der Waals surface area (Å²) < 4.78 is 0. The Kier molecular flexibility index (Phi) is 5.75. The molecule has 4 heteroatoms. The van der Waals surface area contributed by atoms with Gasteiger partial charge in [-0.1, -0.05) is 12.8 Å². The van der Waals surface area contributed by atoms with Crippen molar-refractivity contribution in [1.29, 1.82) is 0 Å². The van der Waals surface area contributed by atoms with Crippen molar-refractivity contribution in [3.8, 4) is 0 Å². The van der Waals surface area contributed by atoms with Crippen LogP contribution in [0.25, 0.3) is 0 Å². The monoisotopic (exact) mass is 309 g/mol. The van der Waals surface area contributed by atoms with E-state index >= 15 is 0 Å². The molecule has 1 amide bonds. The summed E-state index contributed by atoms with van der Waals surface area (Å²) in [6.07, 6.45) is 11.9. The SMILES string of the molecule is C[C@H](C(=O)NC1CCCC1)[NH+]1CCC([NH+]2CCCCC2)CC1. The molecular weight excluding hydrogens is 274 g/mol. The third-order valence-electron chi connectivity index (χ3n) is 6.41. The standard InChI is InChI=1S/C18H33N3O/c1-15(18(22)19-16-7-3-4-8-16)20-13-9-17(10-14-20)21-11-5-2-6-12-21/h15-17H,2-14H2,1H3,(H,19,22)/p+2/t15-/m1/s1. The Morgan fingerprint density at radius 1 is 0.909 bits per heavy atom. The van der Waals surface area contributed by atoms with E-state index in [4.69, 9.17) is 0 Å². The third-order valence-corrected chi connectivity index (χ3v) is 6.41. The van der Waals surface area contributed by atoms with Gasteiger partial charge in [0.2, 0.25) is 0 Å². The summed E-state index contributed by atoms with van der Waals surface area (Å²) in [6, 6.07) is 1.47. The Labute approximate surface area is 135 Å². The van der Waals surface area contributed by atoms with Crippen molar-refractivity contribution in [1.82, 2.24) is 5.32 Å². The second kappa shape index (κ2) is 7.78. The fraction of sp³-hybridized carbons (Fsp3) is 0.944. The zero-order valence-corrected chi connectivity index (χ0v) is 14.3. The third kappa shape index (κ3) is 4.02. The topological polar surface area (TPSA) is 38.0 Å². The molecule has 3 aliphatic rings. The van der Waals surface area contributed by atoms with Gasteiger partial charge < -0.3 is 15.1 Å². The van der Waals surface area contributed by atoms with Gasteiger partial charge in [-0.05, 0) is 39.0 Å². The van der Waals surface area contributed by atoms with Crippen LogP contribution >= 0.6 is 0 Å². The molecule has 126 valence electrons. The van der Waals surface area contributed by atoms with E-state index in [1.54, 1.807) is 0 Å². The van der Waals surface area contributed by atoms with E-state index < -0.39 is 0 Å². The van der Waals surface area contributed by atoms with Gasteiger partial charge in [-0.2, -0.15) is 0 Å². The summed E-state index contributed by atoms with van der Waals surface area (Å²) in [4.78, 5) is 15.8.